The Balaban J connectivity index is 1.88. The van der Waals surface area contributed by atoms with Gasteiger partial charge in [-0.1, -0.05) is 36.4 Å². The van der Waals surface area contributed by atoms with Gasteiger partial charge in [0.25, 0.3) is 5.89 Å². The topological polar surface area (TPSA) is 48.2 Å². The number of benzene rings is 2. The van der Waals surface area contributed by atoms with Gasteiger partial charge >= 0.3 is 0 Å². The van der Waals surface area contributed by atoms with Crippen LogP contribution < -0.4 is 4.74 Å². The van der Waals surface area contributed by atoms with Gasteiger partial charge in [-0.25, -0.2) is 4.39 Å². The van der Waals surface area contributed by atoms with Crippen molar-refractivity contribution in [1.82, 2.24) is 10.2 Å². The van der Waals surface area contributed by atoms with E-state index in [1.54, 1.807) is 12.1 Å². The Hall–Kier alpha value is -2.69. The van der Waals surface area contributed by atoms with Crippen molar-refractivity contribution in [3.63, 3.8) is 0 Å². The molecule has 0 aliphatic heterocycles. The molecule has 5 heteroatoms. The van der Waals surface area contributed by atoms with Crippen LogP contribution in [0.4, 0.5) is 4.39 Å². The first-order valence-electron chi connectivity index (χ1n) is 6.06. The molecule has 0 spiro atoms. The predicted molar refractivity (Wildman–Crippen MR) is 70.5 cm³/mol. The van der Waals surface area contributed by atoms with Gasteiger partial charge in [-0.15, -0.1) is 10.2 Å². The third-order valence-corrected chi connectivity index (χ3v) is 2.79. The summed E-state index contributed by atoms with van der Waals surface area (Å²) in [7, 11) is 0. The lowest BCUT2D eigenvalue weighted by atomic mass is 10.2. The van der Waals surface area contributed by atoms with Crippen LogP contribution in [0.5, 0.6) is 5.75 Å². The van der Waals surface area contributed by atoms with E-state index in [1.165, 1.54) is 6.07 Å². The lowest BCUT2D eigenvalue weighted by Crippen LogP contribution is -1.98. The average molecular weight is 270 g/mol. The zero-order valence-corrected chi connectivity index (χ0v) is 10.5. The van der Waals surface area contributed by atoms with Crippen molar-refractivity contribution in [2.24, 2.45) is 0 Å². The fourth-order valence-electron chi connectivity index (χ4n) is 1.85. The van der Waals surface area contributed by atoms with E-state index in [-0.39, 0.29) is 11.5 Å². The van der Waals surface area contributed by atoms with Gasteiger partial charge in [0.1, 0.15) is 23.7 Å². The summed E-state index contributed by atoms with van der Waals surface area (Å²) in [6, 6.07) is 14.2. The first-order valence-corrected chi connectivity index (χ1v) is 6.06. The van der Waals surface area contributed by atoms with E-state index < -0.39 is 5.82 Å². The first-order chi connectivity index (χ1) is 9.84. The van der Waals surface area contributed by atoms with Crippen LogP contribution in [0.15, 0.2) is 59.3 Å². The molecule has 3 aromatic rings. The number of aromatic nitrogens is 2. The zero-order chi connectivity index (χ0) is 13.8. The number of ether oxygens (including phenoxy) is 1. The normalized spacial score (nSPS) is 10.4. The highest BCUT2D eigenvalue weighted by Crippen LogP contribution is 2.31. The quantitative estimate of drug-likeness (QED) is 0.728. The second-order valence-corrected chi connectivity index (χ2v) is 4.13. The predicted octanol–water partition coefficient (Wildman–Crippen LogP) is 3.45. The van der Waals surface area contributed by atoms with Gasteiger partial charge < -0.3 is 9.15 Å². The molecule has 20 heavy (non-hydrogen) atoms. The summed E-state index contributed by atoms with van der Waals surface area (Å²) in [6.45, 7) is 0.339. The van der Waals surface area contributed by atoms with Gasteiger partial charge in [-0.3, -0.25) is 0 Å². The lowest BCUT2D eigenvalue weighted by molar-refractivity contribution is 0.305. The van der Waals surface area contributed by atoms with E-state index in [1.807, 2.05) is 30.3 Å². The van der Waals surface area contributed by atoms with E-state index in [4.69, 9.17) is 9.15 Å². The number of hydrogen-bond donors (Lipinski definition) is 0. The van der Waals surface area contributed by atoms with Crippen molar-refractivity contribution in [3.05, 3.63) is 66.3 Å². The Labute approximate surface area is 114 Å². The summed E-state index contributed by atoms with van der Waals surface area (Å²) >= 11 is 0. The van der Waals surface area contributed by atoms with Gasteiger partial charge in [0.05, 0.1) is 0 Å². The number of hydrogen-bond acceptors (Lipinski definition) is 4. The molecule has 1 heterocycles. The molecule has 100 valence electrons. The van der Waals surface area contributed by atoms with Crippen LogP contribution in [0.2, 0.25) is 0 Å². The van der Waals surface area contributed by atoms with Gasteiger partial charge in [0.15, 0.2) is 0 Å². The molecule has 4 nitrogen and oxygen atoms in total. The van der Waals surface area contributed by atoms with E-state index >= 15 is 0 Å². The number of rotatable bonds is 4. The third kappa shape index (κ3) is 2.51. The molecule has 0 radical (unpaired) electrons. The van der Waals surface area contributed by atoms with Crippen molar-refractivity contribution in [3.8, 4) is 17.2 Å². The van der Waals surface area contributed by atoms with Crippen LogP contribution in [0.3, 0.4) is 0 Å². The van der Waals surface area contributed by atoms with Crippen LogP contribution in [-0.4, -0.2) is 10.2 Å². The minimum Gasteiger partial charge on any atom is -0.488 e. The zero-order valence-electron chi connectivity index (χ0n) is 10.5. The molecule has 0 aliphatic rings. The molecule has 0 amide bonds. The summed E-state index contributed by atoms with van der Waals surface area (Å²) < 4.78 is 24.6. The largest absolute Gasteiger partial charge is 0.488 e. The SMILES string of the molecule is Fc1cccc(OCc2ccccc2)c1-c1nnco1. The summed E-state index contributed by atoms with van der Waals surface area (Å²) in [6.07, 6.45) is 1.16. The van der Waals surface area contributed by atoms with Crippen molar-refractivity contribution in [2.75, 3.05) is 0 Å². The molecule has 0 fully saturated rings. The maximum Gasteiger partial charge on any atom is 0.254 e. The van der Waals surface area contributed by atoms with Crippen LogP contribution in [-0.2, 0) is 6.61 Å². The molecule has 0 bridgehead atoms. The Morgan fingerprint density at radius 2 is 1.90 bits per heavy atom. The standard InChI is InChI=1S/C15H11FN2O2/c16-12-7-4-8-13(14(12)15-18-17-10-20-15)19-9-11-5-2-1-3-6-11/h1-8,10H,9H2. The van der Waals surface area contributed by atoms with Crippen molar-refractivity contribution < 1.29 is 13.5 Å². The molecule has 0 N–H and O–H groups in total. The van der Waals surface area contributed by atoms with E-state index in [0.29, 0.717) is 12.4 Å². The van der Waals surface area contributed by atoms with E-state index in [0.717, 1.165) is 12.0 Å². The van der Waals surface area contributed by atoms with Crippen LogP contribution in [0.1, 0.15) is 5.56 Å². The molecule has 0 unspecified atom stereocenters. The lowest BCUT2D eigenvalue weighted by Gasteiger charge is -2.10. The maximum absolute atomic E-state index is 13.9. The Kier molecular flexibility index (Phi) is 3.41. The monoisotopic (exact) mass is 270 g/mol. The highest BCUT2D eigenvalue weighted by molar-refractivity contribution is 5.63. The molecule has 2 aromatic carbocycles. The Morgan fingerprint density at radius 3 is 2.65 bits per heavy atom. The van der Waals surface area contributed by atoms with Crippen LogP contribution >= 0.6 is 0 Å². The highest BCUT2D eigenvalue weighted by Gasteiger charge is 2.16. The molecule has 0 saturated carbocycles. The van der Waals surface area contributed by atoms with Crippen LogP contribution in [0, 0.1) is 5.82 Å². The van der Waals surface area contributed by atoms with Crippen LogP contribution in [0.25, 0.3) is 11.5 Å². The molecular formula is C15H11FN2O2. The van der Waals surface area contributed by atoms with Gasteiger partial charge in [0.2, 0.25) is 6.39 Å². The fourth-order valence-corrected chi connectivity index (χ4v) is 1.85. The van der Waals surface area contributed by atoms with Gasteiger partial charge in [-0.05, 0) is 17.7 Å². The molecule has 3 rings (SSSR count). The fraction of sp³-hybridized carbons (Fsp3) is 0.0667. The molecular weight excluding hydrogens is 259 g/mol. The third-order valence-electron chi connectivity index (χ3n) is 2.79. The molecule has 0 aliphatic carbocycles. The smallest absolute Gasteiger partial charge is 0.254 e. The average Bonchev–Trinajstić information content (AvgIpc) is 3.00. The molecule has 0 saturated heterocycles. The second-order valence-electron chi connectivity index (χ2n) is 4.13. The maximum atomic E-state index is 13.9. The Morgan fingerprint density at radius 1 is 1.05 bits per heavy atom. The molecule has 1 aromatic heterocycles. The summed E-state index contributed by atoms with van der Waals surface area (Å²) in [5, 5.41) is 7.29. The minimum atomic E-state index is -0.459. The van der Waals surface area contributed by atoms with Gasteiger partial charge in [-0.2, -0.15) is 0 Å². The summed E-state index contributed by atoms with van der Waals surface area (Å²) in [4.78, 5) is 0. The minimum absolute atomic E-state index is 0.103. The highest BCUT2D eigenvalue weighted by atomic mass is 19.1. The van der Waals surface area contributed by atoms with E-state index in [9.17, 15) is 4.39 Å². The van der Waals surface area contributed by atoms with Crippen molar-refractivity contribution in [2.45, 2.75) is 6.61 Å². The first kappa shape index (κ1) is 12.3. The van der Waals surface area contributed by atoms with Gasteiger partial charge in [0, 0.05) is 0 Å². The Bertz CT molecular complexity index is 684. The summed E-state index contributed by atoms with van der Waals surface area (Å²) in [5.41, 5.74) is 1.18. The number of halogens is 1. The van der Waals surface area contributed by atoms with Crippen molar-refractivity contribution >= 4 is 0 Å². The molecule has 0 atom stereocenters. The number of nitrogens with zero attached hydrogens (tertiary/aromatic N) is 2. The second kappa shape index (κ2) is 5.52. The van der Waals surface area contributed by atoms with E-state index in [2.05, 4.69) is 10.2 Å². The summed E-state index contributed by atoms with van der Waals surface area (Å²) in [5.74, 6) is 0.0177. The van der Waals surface area contributed by atoms with Crippen molar-refractivity contribution in [1.29, 1.82) is 0 Å².